The minimum Gasteiger partial charge on any atom is -0.508 e. The van der Waals surface area contributed by atoms with Gasteiger partial charge in [0.05, 0.1) is 5.92 Å². The Bertz CT molecular complexity index is 536. The number of likely N-dealkylation sites (N-methyl/N-ethyl adjacent to an activating group) is 1. The molecule has 1 aromatic rings. The van der Waals surface area contributed by atoms with E-state index in [-0.39, 0.29) is 23.5 Å². The van der Waals surface area contributed by atoms with Crippen molar-refractivity contribution in [1.82, 2.24) is 4.90 Å². The first-order valence-corrected chi connectivity index (χ1v) is 5.78. The molecule has 88 valence electrons. The molecular weight excluding hydrogens is 218 g/mol. The predicted molar refractivity (Wildman–Crippen MR) is 60.9 cm³/mol. The lowest BCUT2D eigenvalue weighted by Crippen LogP contribution is -2.43. The zero-order chi connectivity index (χ0) is 12.2. The zero-order valence-corrected chi connectivity index (χ0v) is 9.56. The van der Waals surface area contributed by atoms with E-state index >= 15 is 0 Å². The standard InChI is InChI=1S/C13H13NO3/c1-14-12(16)8-4-2-3-7-10(15)6-5-9(11(7)8)13(14)17/h5-6,8,15H,2-4H2,1H3. The number of rotatable bonds is 0. The molecular formula is C13H13NO3. The Hall–Kier alpha value is -1.84. The third kappa shape index (κ3) is 1.24. The van der Waals surface area contributed by atoms with Gasteiger partial charge in [-0.05, 0) is 42.5 Å². The average molecular weight is 231 g/mol. The van der Waals surface area contributed by atoms with Crippen molar-refractivity contribution < 1.29 is 14.7 Å². The van der Waals surface area contributed by atoms with E-state index in [0.717, 1.165) is 30.4 Å². The van der Waals surface area contributed by atoms with E-state index in [1.54, 1.807) is 12.1 Å². The van der Waals surface area contributed by atoms with E-state index in [2.05, 4.69) is 0 Å². The van der Waals surface area contributed by atoms with Crippen LogP contribution in [0.2, 0.25) is 0 Å². The Morgan fingerprint density at radius 1 is 1.35 bits per heavy atom. The Balaban J connectivity index is 2.31. The lowest BCUT2D eigenvalue weighted by atomic mass is 9.76. The molecule has 0 saturated carbocycles. The summed E-state index contributed by atoms with van der Waals surface area (Å²) in [5, 5.41) is 9.82. The molecule has 1 unspecified atom stereocenters. The summed E-state index contributed by atoms with van der Waals surface area (Å²) < 4.78 is 0. The van der Waals surface area contributed by atoms with Crippen LogP contribution >= 0.6 is 0 Å². The maximum atomic E-state index is 12.1. The van der Waals surface area contributed by atoms with Crippen molar-refractivity contribution in [2.24, 2.45) is 0 Å². The van der Waals surface area contributed by atoms with Crippen LogP contribution in [-0.4, -0.2) is 28.9 Å². The number of nitrogens with zero attached hydrogens (tertiary/aromatic N) is 1. The number of carbonyl (C=O) groups is 2. The minimum absolute atomic E-state index is 0.144. The van der Waals surface area contributed by atoms with Crippen LogP contribution in [0.15, 0.2) is 12.1 Å². The van der Waals surface area contributed by atoms with Gasteiger partial charge >= 0.3 is 0 Å². The summed E-state index contributed by atoms with van der Waals surface area (Å²) in [5.41, 5.74) is 2.13. The highest BCUT2D eigenvalue weighted by Crippen LogP contribution is 2.42. The topological polar surface area (TPSA) is 57.6 Å². The van der Waals surface area contributed by atoms with Crippen molar-refractivity contribution in [3.05, 3.63) is 28.8 Å². The van der Waals surface area contributed by atoms with E-state index in [1.165, 1.54) is 11.9 Å². The Kier molecular flexibility index (Phi) is 2.02. The Labute approximate surface area is 98.9 Å². The highest BCUT2D eigenvalue weighted by Gasteiger charge is 2.40. The minimum atomic E-state index is -0.260. The molecule has 1 aliphatic carbocycles. The van der Waals surface area contributed by atoms with Gasteiger partial charge < -0.3 is 5.11 Å². The second kappa shape index (κ2) is 3.32. The molecule has 0 saturated heterocycles. The van der Waals surface area contributed by atoms with E-state index in [1.807, 2.05) is 0 Å². The fourth-order valence-electron chi connectivity index (χ4n) is 2.89. The third-order valence-electron chi connectivity index (χ3n) is 3.76. The van der Waals surface area contributed by atoms with Crippen molar-refractivity contribution in [3.63, 3.8) is 0 Å². The summed E-state index contributed by atoms with van der Waals surface area (Å²) >= 11 is 0. The fourth-order valence-corrected chi connectivity index (χ4v) is 2.89. The fraction of sp³-hybridized carbons (Fsp3) is 0.385. The normalized spacial score (nSPS) is 22.6. The van der Waals surface area contributed by atoms with Gasteiger partial charge in [-0.2, -0.15) is 0 Å². The molecule has 1 N–H and O–H groups in total. The summed E-state index contributed by atoms with van der Waals surface area (Å²) in [6.07, 6.45) is 2.39. The molecule has 0 spiro atoms. The van der Waals surface area contributed by atoms with E-state index in [4.69, 9.17) is 0 Å². The van der Waals surface area contributed by atoms with E-state index < -0.39 is 0 Å². The van der Waals surface area contributed by atoms with Crippen LogP contribution in [0.3, 0.4) is 0 Å². The van der Waals surface area contributed by atoms with Gasteiger partial charge in [0.15, 0.2) is 0 Å². The number of hydrogen-bond donors (Lipinski definition) is 1. The summed E-state index contributed by atoms with van der Waals surface area (Å²) in [6, 6.07) is 3.18. The molecule has 0 aromatic heterocycles. The maximum Gasteiger partial charge on any atom is 0.260 e. The SMILES string of the molecule is CN1C(=O)c2ccc(O)c3c2C(CCC3)C1=O. The van der Waals surface area contributed by atoms with Gasteiger partial charge in [0.25, 0.3) is 5.91 Å². The summed E-state index contributed by atoms with van der Waals surface area (Å²) in [6.45, 7) is 0. The van der Waals surface area contributed by atoms with Crippen molar-refractivity contribution in [3.8, 4) is 5.75 Å². The van der Waals surface area contributed by atoms with Crippen LogP contribution in [0.1, 0.15) is 40.2 Å². The van der Waals surface area contributed by atoms with Crippen molar-refractivity contribution in [2.45, 2.75) is 25.2 Å². The monoisotopic (exact) mass is 231 g/mol. The number of benzene rings is 1. The largest absolute Gasteiger partial charge is 0.508 e. The van der Waals surface area contributed by atoms with Crippen molar-refractivity contribution in [2.75, 3.05) is 7.05 Å². The summed E-state index contributed by atoms with van der Waals surface area (Å²) in [5.74, 6) is -0.444. The number of aromatic hydroxyl groups is 1. The van der Waals surface area contributed by atoms with Gasteiger partial charge in [0.2, 0.25) is 5.91 Å². The maximum absolute atomic E-state index is 12.1. The quantitative estimate of drug-likeness (QED) is 0.687. The van der Waals surface area contributed by atoms with Crippen molar-refractivity contribution in [1.29, 1.82) is 0 Å². The Morgan fingerprint density at radius 3 is 2.88 bits per heavy atom. The molecule has 0 fully saturated rings. The number of phenols is 1. The highest BCUT2D eigenvalue weighted by atomic mass is 16.3. The van der Waals surface area contributed by atoms with Crippen molar-refractivity contribution >= 4 is 11.8 Å². The molecule has 0 radical (unpaired) electrons. The molecule has 4 nitrogen and oxygen atoms in total. The zero-order valence-electron chi connectivity index (χ0n) is 9.56. The van der Waals surface area contributed by atoms with Gasteiger partial charge in [-0.25, -0.2) is 0 Å². The van der Waals surface area contributed by atoms with E-state index in [9.17, 15) is 14.7 Å². The molecule has 1 aliphatic heterocycles. The lowest BCUT2D eigenvalue weighted by Gasteiger charge is -2.34. The molecule has 1 heterocycles. The Morgan fingerprint density at radius 2 is 2.12 bits per heavy atom. The number of phenolic OH excluding ortho intramolecular Hbond substituents is 1. The molecule has 17 heavy (non-hydrogen) atoms. The molecule has 1 atom stereocenters. The van der Waals surface area contributed by atoms with Crippen LogP contribution in [0.25, 0.3) is 0 Å². The second-order valence-corrected chi connectivity index (χ2v) is 4.67. The number of hydrogen-bond acceptors (Lipinski definition) is 3. The summed E-state index contributed by atoms with van der Waals surface area (Å²) in [7, 11) is 1.52. The first-order valence-electron chi connectivity index (χ1n) is 5.78. The number of amides is 2. The van der Waals surface area contributed by atoms with Gasteiger partial charge in [-0.3, -0.25) is 14.5 Å². The van der Waals surface area contributed by atoms with Crippen LogP contribution in [0.4, 0.5) is 0 Å². The second-order valence-electron chi connectivity index (χ2n) is 4.67. The summed E-state index contributed by atoms with van der Waals surface area (Å²) in [4.78, 5) is 25.2. The molecule has 2 aliphatic rings. The number of carbonyl (C=O) groups excluding carboxylic acids is 2. The first kappa shape index (κ1) is 10.3. The smallest absolute Gasteiger partial charge is 0.260 e. The van der Waals surface area contributed by atoms with Crippen LogP contribution in [-0.2, 0) is 11.2 Å². The molecule has 3 rings (SSSR count). The predicted octanol–water partition coefficient (Wildman–Crippen LogP) is 1.42. The third-order valence-corrected chi connectivity index (χ3v) is 3.76. The first-order chi connectivity index (χ1) is 8.11. The lowest BCUT2D eigenvalue weighted by molar-refractivity contribution is -0.130. The van der Waals surface area contributed by atoms with Gasteiger partial charge in [-0.15, -0.1) is 0 Å². The molecule has 2 amide bonds. The average Bonchev–Trinajstić information content (AvgIpc) is 2.35. The van der Waals surface area contributed by atoms with Crippen LogP contribution in [0, 0.1) is 0 Å². The number of imide groups is 1. The van der Waals surface area contributed by atoms with Crippen LogP contribution in [0.5, 0.6) is 5.75 Å². The van der Waals surface area contributed by atoms with Gasteiger partial charge in [-0.1, -0.05) is 0 Å². The van der Waals surface area contributed by atoms with Gasteiger partial charge in [0, 0.05) is 12.6 Å². The molecule has 4 heteroatoms. The molecule has 1 aromatic carbocycles. The van der Waals surface area contributed by atoms with Gasteiger partial charge in [0.1, 0.15) is 5.75 Å². The van der Waals surface area contributed by atoms with Crippen LogP contribution < -0.4 is 0 Å². The van der Waals surface area contributed by atoms with E-state index in [0.29, 0.717) is 5.56 Å². The molecule has 0 bridgehead atoms. The highest BCUT2D eigenvalue weighted by molar-refractivity contribution is 6.11.